The van der Waals surface area contributed by atoms with Gasteiger partial charge >= 0.3 is 11.7 Å². The standard InChI is InChI=1S/C18H17Cl2N5O3/c1-4-23(12-9-8-11(2)15(10-12)28-3)17(26)25-18(27)24(21-22-25)16-13(19)6-5-7-14(16)20/h5-10H,4H2,1-3H3. The molecule has 8 nitrogen and oxygen atoms in total. The maximum absolute atomic E-state index is 13.0. The maximum Gasteiger partial charge on any atom is 0.377 e. The molecule has 1 heterocycles. The Labute approximate surface area is 170 Å². The van der Waals surface area contributed by atoms with E-state index in [0.717, 1.165) is 10.2 Å². The first-order chi connectivity index (χ1) is 13.4. The first kappa shape index (κ1) is 19.9. The van der Waals surface area contributed by atoms with Gasteiger partial charge in [0.1, 0.15) is 11.4 Å². The molecule has 0 atom stereocenters. The van der Waals surface area contributed by atoms with E-state index in [0.29, 0.717) is 22.7 Å². The molecule has 1 aromatic heterocycles. The van der Waals surface area contributed by atoms with Crippen molar-refractivity contribution in [1.29, 1.82) is 0 Å². The summed E-state index contributed by atoms with van der Waals surface area (Å²) in [6, 6.07) is 9.41. The third-order valence-corrected chi connectivity index (χ3v) is 4.77. The van der Waals surface area contributed by atoms with Gasteiger partial charge in [0.25, 0.3) is 0 Å². The molecule has 28 heavy (non-hydrogen) atoms. The van der Waals surface area contributed by atoms with Crippen LogP contribution in [0.5, 0.6) is 5.75 Å². The highest BCUT2D eigenvalue weighted by Crippen LogP contribution is 2.27. The highest BCUT2D eigenvalue weighted by Gasteiger charge is 2.24. The normalized spacial score (nSPS) is 10.8. The molecule has 0 saturated heterocycles. The summed E-state index contributed by atoms with van der Waals surface area (Å²) in [5.74, 6) is 0.627. The van der Waals surface area contributed by atoms with E-state index < -0.39 is 11.7 Å². The Balaban J connectivity index is 2.03. The van der Waals surface area contributed by atoms with Crippen LogP contribution in [0.1, 0.15) is 12.5 Å². The number of aryl methyl sites for hydroxylation is 1. The van der Waals surface area contributed by atoms with Crippen molar-refractivity contribution in [2.45, 2.75) is 13.8 Å². The lowest BCUT2D eigenvalue weighted by atomic mass is 10.2. The van der Waals surface area contributed by atoms with Gasteiger partial charge in [-0.3, -0.25) is 4.90 Å². The van der Waals surface area contributed by atoms with Crippen LogP contribution in [0.15, 0.2) is 41.2 Å². The molecule has 2 aromatic carbocycles. The SMILES string of the molecule is CCN(C(=O)n1nnn(-c2c(Cl)cccc2Cl)c1=O)c1ccc(C)c(OC)c1. The molecule has 10 heteroatoms. The van der Waals surface area contributed by atoms with Crippen LogP contribution in [0.4, 0.5) is 10.5 Å². The fourth-order valence-electron chi connectivity index (χ4n) is 2.72. The number of benzene rings is 2. The number of para-hydroxylation sites is 1. The molecule has 3 rings (SSSR count). The Bertz CT molecular complexity index is 1070. The third-order valence-electron chi connectivity index (χ3n) is 4.16. The van der Waals surface area contributed by atoms with Gasteiger partial charge in [0.05, 0.1) is 17.2 Å². The quantitative estimate of drug-likeness (QED) is 0.601. The van der Waals surface area contributed by atoms with E-state index in [2.05, 4.69) is 10.4 Å². The highest BCUT2D eigenvalue weighted by atomic mass is 35.5. The summed E-state index contributed by atoms with van der Waals surface area (Å²) < 4.78 is 6.87. The first-order valence-electron chi connectivity index (χ1n) is 8.35. The van der Waals surface area contributed by atoms with Crippen LogP contribution in [0.2, 0.25) is 10.0 Å². The minimum absolute atomic E-state index is 0.162. The average Bonchev–Trinajstić information content (AvgIpc) is 3.04. The van der Waals surface area contributed by atoms with Crippen LogP contribution in [-0.2, 0) is 0 Å². The number of rotatable bonds is 4. The van der Waals surface area contributed by atoms with Gasteiger partial charge < -0.3 is 4.74 Å². The molecule has 0 aliphatic heterocycles. The van der Waals surface area contributed by atoms with Crippen LogP contribution in [-0.4, -0.2) is 39.5 Å². The number of tetrazole rings is 1. The number of methoxy groups -OCH3 is 1. The van der Waals surface area contributed by atoms with Crippen molar-refractivity contribution >= 4 is 34.9 Å². The summed E-state index contributed by atoms with van der Waals surface area (Å²) >= 11 is 12.3. The van der Waals surface area contributed by atoms with Gasteiger partial charge in [0, 0.05) is 18.3 Å². The molecule has 1 amide bonds. The Hall–Kier alpha value is -2.84. The maximum atomic E-state index is 13.0. The Morgan fingerprint density at radius 3 is 2.46 bits per heavy atom. The molecule has 0 bridgehead atoms. The van der Waals surface area contributed by atoms with Crippen molar-refractivity contribution < 1.29 is 9.53 Å². The minimum atomic E-state index is -0.780. The van der Waals surface area contributed by atoms with E-state index >= 15 is 0 Å². The number of carbonyl (C=O) groups excluding carboxylic acids is 1. The van der Waals surface area contributed by atoms with Crippen molar-refractivity contribution in [1.82, 2.24) is 19.8 Å². The summed E-state index contributed by atoms with van der Waals surface area (Å²) in [4.78, 5) is 27.1. The van der Waals surface area contributed by atoms with E-state index in [4.69, 9.17) is 27.9 Å². The lowest BCUT2D eigenvalue weighted by molar-refractivity contribution is 0.244. The second kappa shape index (κ2) is 8.04. The molecular weight excluding hydrogens is 405 g/mol. The number of carbonyl (C=O) groups is 1. The molecule has 3 aromatic rings. The third kappa shape index (κ3) is 3.48. The monoisotopic (exact) mass is 421 g/mol. The zero-order valence-electron chi connectivity index (χ0n) is 15.4. The summed E-state index contributed by atoms with van der Waals surface area (Å²) in [6.45, 7) is 3.98. The zero-order valence-corrected chi connectivity index (χ0v) is 16.9. The second-order valence-electron chi connectivity index (χ2n) is 5.84. The first-order valence-corrected chi connectivity index (χ1v) is 9.10. The fraction of sp³-hybridized carbons (Fsp3) is 0.222. The van der Waals surface area contributed by atoms with Crippen LogP contribution >= 0.6 is 23.2 Å². The van der Waals surface area contributed by atoms with Crippen LogP contribution < -0.4 is 15.3 Å². The fourth-order valence-corrected chi connectivity index (χ4v) is 3.27. The van der Waals surface area contributed by atoms with Gasteiger partial charge in [-0.2, -0.15) is 4.68 Å². The molecule has 0 unspecified atom stereocenters. The van der Waals surface area contributed by atoms with Crippen molar-refractivity contribution in [2.24, 2.45) is 0 Å². The predicted molar refractivity (Wildman–Crippen MR) is 107 cm³/mol. The summed E-state index contributed by atoms with van der Waals surface area (Å²) in [5, 5.41) is 7.89. The number of halogens is 2. The van der Waals surface area contributed by atoms with Gasteiger partial charge in [-0.15, -0.1) is 4.68 Å². The Morgan fingerprint density at radius 1 is 1.18 bits per heavy atom. The predicted octanol–water partition coefficient (Wildman–Crippen LogP) is 3.55. The molecular formula is C18H17Cl2N5O3. The van der Waals surface area contributed by atoms with Crippen molar-refractivity contribution in [3.63, 3.8) is 0 Å². The number of nitrogens with zero attached hydrogens (tertiary/aromatic N) is 5. The number of ether oxygens (including phenoxy) is 1. The topological polar surface area (TPSA) is 82.3 Å². The van der Waals surface area contributed by atoms with Gasteiger partial charge in [0.2, 0.25) is 0 Å². The smallest absolute Gasteiger partial charge is 0.377 e. The number of hydrogen-bond donors (Lipinski definition) is 0. The number of hydrogen-bond acceptors (Lipinski definition) is 5. The van der Waals surface area contributed by atoms with Crippen LogP contribution in [0.3, 0.4) is 0 Å². The average molecular weight is 422 g/mol. The molecule has 0 spiro atoms. The number of amides is 1. The molecule has 0 saturated carbocycles. The van der Waals surface area contributed by atoms with E-state index in [-0.39, 0.29) is 15.7 Å². The Morgan fingerprint density at radius 2 is 1.86 bits per heavy atom. The molecule has 0 aliphatic rings. The summed E-state index contributed by atoms with van der Waals surface area (Å²) in [5.41, 5.74) is 0.867. The molecule has 0 aliphatic carbocycles. The number of aromatic nitrogens is 4. The van der Waals surface area contributed by atoms with Crippen molar-refractivity contribution in [3.8, 4) is 11.4 Å². The summed E-state index contributed by atoms with van der Waals surface area (Å²) in [6.07, 6.45) is 0. The van der Waals surface area contributed by atoms with Gasteiger partial charge in [-0.25, -0.2) is 9.59 Å². The largest absolute Gasteiger partial charge is 0.496 e. The van der Waals surface area contributed by atoms with Crippen LogP contribution in [0.25, 0.3) is 5.69 Å². The van der Waals surface area contributed by atoms with E-state index in [1.54, 1.807) is 44.4 Å². The highest BCUT2D eigenvalue weighted by molar-refractivity contribution is 6.37. The molecule has 0 fully saturated rings. The van der Waals surface area contributed by atoms with E-state index in [1.807, 2.05) is 13.0 Å². The van der Waals surface area contributed by atoms with Crippen LogP contribution in [0, 0.1) is 6.92 Å². The minimum Gasteiger partial charge on any atom is -0.496 e. The zero-order chi connectivity index (χ0) is 20.4. The molecule has 0 radical (unpaired) electrons. The number of anilines is 1. The van der Waals surface area contributed by atoms with Gasteiger partial charge in [-0.1, -0.05) is 35.3 Å². The lowest BCUT2D eigenvalue weighted by Crippen LogP contribution is -2.41. The lowest BCUT2D eigenvalue weighted by Gasteiger charge is -2.20. The van der Waals surface area contributed by atoms with E-state index in [9.17, 15) is 9.59 Å². The van der Waals surface area contributed by atoms with E-state index in [1.165, 1.54) is 4.90 Å². The summed E-state index contributed by atoms with van der Waals surface area (Å²) in [7, 11) is 1.55. The molecule has 0 N–H and O–H groups in total. The molecule has 146 valence electrons. The van der Waals surface area contributed by atoms with Crippen molar-refractivity contribution in [3.05, 3.63) is 62.5 Å². The van der Waals surface area contributed by atoms with Gasteiger partial charge in [-0.05, 0) is 48.0 Å². The second-order valence-corrected chi connectivity index (χ2v) is 6.65. The van der Waals surface area contributed by atoms with Crippen molar-refractivity contribution in [2.75, 3.05) is 18.6 Å². The van der Waals surface area contributed by atoms with Gasteiger partial charge in [0.15, 0.2) is 0 Å². The Kier molecular flexibility index (Phi) is 5.71.